The lowest BCUT2D eigenvalue weighted by atomic mass is 10.0. The van der Waals surface area contributed by atoms with Crippen molar-refractivity contribution in [2.45, 2.75) is 219 Å². The molecule has 2 unspecified atom stereocenters. The van der Waals surface area contributed by atoms with Crippen LogP contribution in [0, 0.1) is 0 Å². The fourth-order valence-corrected chi connectivity index (χ4v) is 7.23. The van der Waals surface area contributed by atoms with E-state index < -0.39 is 13.9 Å². The van der Waals surface area contributed by atoms with Gasteiger partial charge in [-0.15, -0.1) is 0 Å². The number of ether oxygens (including phenoxy) is 2. The van der Waals surface area contributed by atoms with Crippen LogP contribution in [0.2, 0.25) is 0 Å². The highest BCUT2D eigenvalue weighted by atomic mass is 31.2. The maximum atomic E-state index is 12.5. The Hall–Kier alpha value is -0.760. The first-order valence-corrected chi connectivity index (χ1v) is 24.4. The van der Waals surface area contributed by atoms with E-state index in [1.807, 2.05) is 21.1 Å². The van der Waals surface area contributed by atoms with Crippen molar-refractivity contribution in [3.8, 4) is 0 Å². The van der Waals surface area contributed by atoms with Gasteiger partial charge in [-0.1, -0.05) is 180 Å². The van der Waals surface area contributed by atoms with Gasteiger partial charge in [-0.25, -0.2) is 4.57 Å². The van der Waals surface area contributed by atoms with Crippen molar-refractivity contribution in [3.63, 3.8) is 0 Å². The summed E-state index contributed by atoms with van der Waals surface area (Å²) in [5.41, 5.74) is 0. The van der Waals surface area contributed by atoms with Crippen LogP contribution in [0.15, 0.2) is 12.2 Å². The lowest BCUT2D eigenvalue weighted by Gasteiger charge is -2.24. The lowest BCUT2D eigenvalue weighted by molar-refractivity contribution is -0.870. The molecule has 0 spiro atoms. The zero-order valence-electron chi connectivity index (χ0n) is 36.5. The van der Waals surface area contributed by atoms with Gasteiger partial charge in [0.1, 0.15) is 19.3 Å². The van der Waals surface area contributed by atoms with Crippen LogP contribution < -0.4 is 0 Å². The minimum absolute atomic E-state index is 0.0916. The number of phosphoric acid groups is 1. The molecule has 0 aliphatic carbocycles. The number of allylic oxidation sites excluding steroid dienone is 2. The molecular weight excluding hydrogens is 697 g/mol. The van der Waals surface area contributed by atoms with E-state index in [1.54, 1.807) is 0 Å². The number of likely N-dealkylation sites (N-methyl/N-ethyl adjacent to an activating group) is 1. The monoisotopic (exact) mass is 789 g/mol. The number of nitrogens with zero attached hydrogens (tertiary/aromatic N) is 1. The molecule has 322 valence electrons. The Morgan fingerprint density at radius 2 is 0.963 bits per heavy atom. The molecule has 54 heavy (non-hydrogen) atoms. The summed E-state index contributed by atoms with van der Waals surface area (Å²) in [5, 5.41) is 0. The van der Waals surface area contributed by atoms with Crippen LogP contribution in [0.1, 0.15) is 213 Å². The van der Waals surface area contributed by atoms with E-state index >= 15 is 0 Å². The summed E-state index contributed by atoms with van der Waals surface area (Å²) in [5.74, 6) is -0.320. The number of phosphoric ester groups is 1. The Bertz CT molecular complexity index is 879. The van der Waals surface area contributed by atoms with Crippen LogP contribution in [-0.4, -0.2) is 75.6 Å². The van der Waals surface area contributed by atoms with Crippen molar-refractivity contribution >= 4 is 13.8 Å². The number of esters is 1. The van der Waals surface area contributed by atoms with Crippen molar-refractivity contribution in [2.75, 3.05) is 54.1 Å². The van der Waals surface area contributed by atoms with Gasteiger partial charge in [0, 0.05) is 13.0 Å². The number of carbonyl (C=O) groups is 1. The summed E-state index contributed by atoms with van der Waals surface area (Å²) < 4.78 is 34.8. The molecule has 0 rings (SSSR count). The molecule has 0 radical (unpaired) electrons. The summed E-state index contributed by atoms with van der Waals surface area (Å²) in [7, 11) is 1.68. The average Bonchev–Trinajstić information content (AvgIpc) is 3.12. The van der Waals surface area contributed by atoms with Gasteiger partial charge in [-0.2, -0.15) is 0 Å². The molecule has 0 aliphatic heterocycles. The van der Waals surface area contributed by atoms with Crippen molar-refractivity contribution in [3.05, 3.63) is 12.2 Å². The Labute approximate surface area is 335 Å². The third kappa shape index (κ3) is 42.4. The highest BCUT2D eigenvalue weighted by Crippen LogP contribution is 2.43. The first-order valence-electron chi connectivity index (χ1n) is 22.9. The second-order valence-corrected chi connectivity index (χ2v) is 18.2. The Kier molecular flexibility index (Phi) is 38.5. The zero-order valence-corrected chi connectivity index (χ0v) is 37.4. The van der Waals surface area contributed by atoms with Gasteiger partial charge in [-0.3, -0.25) is 13.8 Å². The van der Waals surface area contributed by atoms with E-state index in [4.69, 9.17) is 18.5 Å². The van der Waals surface area contributed by atoms with Crippen molar-refractivity contribution in [1.82, 2.24) is 0 Å². The predicted molar refractivity (Wildman–Crippen MR) is 229 cm³/mol. The van der Waals surface area contributed by atoms with E-state index in [1.165, 1.54) is 161 Å². The van der Waals surface area contributed by atoms with Gasteiger partial charge >= 0.3 is 13.8 Å². The number of hydrogen-bond acceptors (Lipinski definition) is 6. The van der Waals surface area contributed by atoms with E-state index in [-0.39, 0.29) is 25.8 Å². The number of rotatable bonds is 43. The Morgan fingerprint density at radius 1 is 0.556 bits per heavy atom. The van der Waals surface area contributed by atoms with E-state index in [9.17, 15) is 14.3 Å². The average molecular weight is 789 g/mol. The largest absolute Gasteiger partial charge is 0.472 e. The SMILES string of the molecule is CCCCCCCCCC/C=C\CCCCCCCCCCCCCCCCOCC(COP(=O)(O)OCC[N+](C)(C)C)OC(=O)CCCCCCCC. The fourth-order valence-electron chi connectivity index (χ4n) is 6.49. The van der Waals surface area contributed by atoms with Gasteiger partial charge < -0.3 is 18.9 Å². The summed E-state index contributed by atoms with van der Waals surface area (Å²) in [4.78, 5) is 22.6. The topological polar surface area (TPSA) is 91.3 Å². The van der Waals surface area contributed by atoms with Gasteiger partial charge in [0.15, 0.2) is 0 Å². The molecule has 8 nitrogen and oxygen atoms in total. The quantitative estimate of drug-likeness (QED) is 0.0216. The van der Waals surface area contributed by atoms with E-state index in [2.05, 4.69) is 26.0 Å². The number of carbonyl (C=O) groups excluding carboxylic acids is 1. The van der Waals surface area contributed by atoms with Crippen LogP contribution in [-0.2, 0) is 27.9 Å². The third-order valence-corrected chi connectivity index (χ3v) is 11.1. The molecular formula is C45H91NO7P+. The second kappa shape index (κ2) is 39.1. The van der Waals surface area contributed by atoms with E-state index in [0.717, 1.165) is 32.1 Å². The molecule has 9 heteroatoms. The molecule has 0 aromatic carbocycles. The van der Waals surface area contributed by atoms with Gasteiger partial charge in [0.25, 0.3) is 0 Å². The highest BCUT2D eigenvalue weighted by molar-refractivity contribution is 7.47. The fraction of sp³-hybridized carbons (Fsp3) is 0.933. The zero-order chi connectivity index (χ0) is 39.9. The smallest absolute Gasteiger partial charge is 0.457 e. The molecule has 0 saturated carbocycles. The normalized spacial score (nSPS) is 13.8. The van der Waals surface area contributed by atoms with E-state index in [0.29, 0.717) is 24.1 Å². The van der Waals surface area contributed by atoms with Crippen molar-refractivity contribution in [2.24, 2.45) is 0 Å². The Balaban J connectivity index is 3.87. The minimum atomic E-state index is -4.26. The van der Waals surface area contributed by atoms with Gasteiger partial charge in [0.2, 0.25) is 0 Å². The maximum absolute atomic E-state index is 12.5. The third-order valence-electron chi connectivity index (χ3n) is 10.1. The standard InChI is InChI=1S/C45H90NO7P/c1-6-8-10-12-14-15-16-17-18-19-20-21-22-23-24-25-26-27-28-29-30-31-32-33-35-37-40-50-42-44(53-45(47)38-36-34-13-11-9-7-2)43-52-54(48,49)51-41-39-46(3,4)5/h19-20,44H,6-18,21-43H2,1-5H3/p+1/b20-19-. The second-order valence-electron chi connectivity index (χ2n) is 16.8. The summed E-state index contributed by atoms with van der Waals surface area (Å²) in [6.07, 6.45) is 42.9. The number of unbranched alkanes of at least 4 members (excludes halogenated alkanes) is 27. The van der Waals surface area contributed by atoms with Gasteiger partial charge in [0.05, 0.1) is 34.4 Å². The molecule has 0 saturated heterocycles. The van der Waals surface area contributed by atoms with Crippen LogP contribution in [0.5, 0.6) is 0 Å². The number of hydrogen-bond donors (Lipinski definition) is 1. The van der Waals surface area contributed by atoms with Crippen molar-refractivity contribution < 1.29 is 37.3 Å². The van der Waals surface area contributed by atoms with Crippen LogP contribution in [0.25, 0.3) is 0 Å². The van der Waals surface area contributed by atoms with Gasteiger partial charge in [-0.05, 0) is 38.5 Å². The summed E-state index contributed by atoms with van der Waals surface area (Å²) >= 11 is 0. The molecule has 2 atom stereocenters. The molecule has 0 bridgehead atoms. The molecule has 0 aliphatic rings. The minimum Gasteiger partial charge on any atom is -0.457 e. The molecule has 0 heterocycles. The molecule has 1 N–H and O–H groups in total. The molecule has 0 aromatic heterocycles. The number of quaternary nitrogens is 1. The molecule has 0 aromatic rings. The molecule has 0 fully saturated rings. The van der Waals surface area contributed by atoms with Crippen molar-refractivity contribution in [1.29, 1.82) is 0 Å². The van der Waals surface area contributed by atoms with Crippen LogP contribution in [0.4, 0.5) is 0 Å². The highest BCUT2D eigenvalue weighted by Gasteiger charge is 2.26. The summed E-state index contributed by atoms with van der Waals surface area (Å²) in [6.45, 7) is 5.59. The van der Waals surface area contributed by atoms with Crippen LogP contribution in [0.3, 0.4) is 0 Å². The summed E-state index contributed by atoms with van der Waals surface area (Å²) in [6, 6.07) is 0. The molecule has 0 amide bonds. The van der Waals surface area contributed by atoms with Crippen LogP contribution >= 0.6 is 7.82 Å². The Morgan fingerprint density at radius 3 is 1.41 bits per heavy atom. The first-order chi connectivity index (χ1) is 26.1. The predicted octanol–water partition coefficient (Wildman–Crippen LogP) is 13.4. The first kappa shape index (κ1) is 53.2. The lowest BCUT2D eigenvalue weighted by Crippen LogP contribution is -2.37. The maximum Gasteiger partial charge on any atom is 0.472 e.